The molecule has 0 aliphatic heterocycles. The van der Waals surface area contributed by atoms with Gasteiger partial charge in [0.2, 0.25) is 0 Å². The van der Waals surface area contributed by atoms with Gasteiger partial charge >= 0.3 is 0 Å². The molecule has 0 saturated carbocycles. The number of aliphatic hydroxyl groups excluding tert-OH is 1. The summed E-state index contributed by atoms with van der Waals surface area (Å²) in [7, 11) is 0. The molecule has 0 aromatic heterocycles. The summed E-state index contributed by atoms with van der Waals surface area (Å²) in [4.78, 5) is 1.64. The van der Waals surface area contributed by atoms with Gasteiger partial charge in [-0.05, 0) is 5.92 Å². The number of nitrogens with zero attached hydrogens (tertiary/aromatic N) is 1. The lowest BCUT2D eigenvalue weighted by Gasteiger charge is -2.25. The zero-order chi connectivity index (χ0) is 11.0. The molecule has 0 amide bonds. The quantitative estimate of drug-likeness (QED) is 0.660. The van der Waals surface area contributed by atoms with E-state index in [2.05, 4.69) is 13.8 Å². The third-order valence-electron chi connectivity index (χ3n) is 2.48. The second-order valence-corrected chi connectivity index (χ2v) is 3.56. The molecule has 0 saturated heterocycles. The summed E-state index contributed by atoms with van der Waals surface area (Å²) in [6.45, 7) is 4.87. The summed E-state index contributed by atoms with van der Waals surface area (Å²) in [6, 6.07) is 0. The fraction of sp³-hybridized carbons (Fsp3) is 1.00. The summed E-state index contributed by atoms with van der Waals surface area (Å²) in [6.07, 6.45) is -0.306. The molecule has 2 nitrogen and oxygen atoms in total. The molecule has 0 atom stereocenters. The van der Waals surface area contributed by atoms with Gasteiger partial charge in [0.25, 0.3) is 6.43 Å². The average molecular weight is 209 g/mol. The zero-order valence-electron chi connectivity index (χ0n) is 9.05. The summed E-state index contributed by atoms with van der Waals surface area (Å²) >= 11 is 0. The number of halogens is 2. The minimum absolute atomic E-state index is 0.0487. The van der Waals surface area contributed by atoms with E-state index >= 15 is 0 Å². The van der Waals surface area contributed by atoms with Crippen molar-refractivity contribution in [3.63, 3.8) is 0 Å². The minimum Gasteiger partial charge on any atom is -0.395 e. The van der Waals surface area contributed by atoms with E-state index in [-0.39, 0.29) is 13.2 Å². The van der Waals surface area contributed by atoms with Crippen LogP contribution in [0.3, 0.4) is 0 Å². The lowest BCUT2D eigenvalue weighted by Crippen LogP contribution is -2.35. The van der Waals surface area contributed by atoms with Crippen LogP contribution in [-0.2, 0) is 0 Å². The smallest absolute Gasteiger partial charge is 0.251 e. The first-order chi connectivity index (χ1) is 6.63. The van der Waals surface area contributed by atoms with Gasteiger partial charge in [0.15, 0.2) is 0 Å². The Kier molecular flexibility index (Phi) is 7.99. The summed E-state index contributed by atoms with van der Waals surface area (Å²) in [5, 5.41) is 8.72. The van der Waals surface area contributed by atoms with E-state index in [0.29, 0.717) is 19.0 Å². The van der Waals surface area contributed by atoms with Gasteiger partial charge in [-0.1, -0.05) is 26.7 Å². The molecule has 0 rings (SSSR count). The summed E-state index contributed by atoms with van der Waals surface area (Å²) in [5.41, 5.74) is 0. The van der Waals surface area contributed by atoms with Crippen molar-refractivity contribution in [2.45, 2.75) is 33.1 Å². The molecule has 0 aromatic carbocycles. The van der Waals surface area contributed by atoms with Crippen molar-refractivity contribution in [2.75, 3.05) is 26.2 Å². The Morgan fingerprint density at radius 3 is 2.07 bits per heavy atom. The van der Waals surface area contributed by atoms with Crippen molar-refractivity contribution in [2.24, 2.45) is 5.92 Å². The van der Waals surface area contributed by atoms with E-state index in [9.17, 15) is 8.78 Å². The van der Waals surface area contributed by atoms with Gasteiger partial charge < -0.3 is 5.11 Å². The maximum atomic E-state index is 12.1. The van der Waals surface area contributed by atoms with Crippen LogP contribution in [0, 0.1) is 5.92 Å². The number of rotatable bonds is 8. The maximum Gasteiger partial charge on any atom is 0.251 e. The standard InChI is InChI=1S/C10H21F2NO/c1-3-9(4-2)7-13(5-6-14)8-10(11)12/h9-10,14H,3-8H2,1-2H3. The maximum absolute atomic E-state index is 12.1. The molecule has 0 radical (unpaired) electrons. The Bertz CT molecular complexity index is 129. The molecule has 14 heavy (non-hydrogen) atoms. The highest BCUT2D eigenvalue weighted by molar-refractivity contribution is 4.64. The van der Waals surface area contributed by atoms with E-state index < -0.39 is 6.43 Å². The van der Waals surface area contributed by atoms with Crippen LogP contribution in [0.2, 0.25) is 0 Å². The monoisotopic (exact) mass is 209 g/mol. The average Bonchev–Trinajstić information content (AvgIpc) is 2.13. The normalized spacial score (nSPS) is 12.0. The SMILES string of the molecule is CCC(CC)CN(CCO)CC(F)F. The molecule has 0 aromatic rings. The van der Waals surface area contributed by atoms with Crippen molar-refractivity contribution in [3.05, 3.63) is 0 Å². The molecule has 4 heteroatoms. The predicted molar refractivity (Wildman–Crippen MR) is 53.6 cm³/mol. The molecule has 0 fully saturated rings. The highest BCUT2D eigenvalue weighted by Crippen LogP contribution is 2.10. The second kappa shape index (κ2) is 8.12. The van der Waals surface area contributed by atoms with Gasteiger partial charge in [0.1, 0.15) is 0 Å². The Morgan fingerprint density at radius 2 is 1.71 bits per heavy atom. The number of aliphatic hydroxyl groups is 1. The number of hydrogen-bond acceptors (Lipinski definition) is 2. The van der Waals surface area contributed by atoms with Crippen molar-refractivity contribution in [3.8, 4) is 0 Å². The minimum atomic E-state index is -2.31. The molecule has 1 N–H and O–H groups in total. The number of hydrogen-bond donors (Lipinski definition) is 1. The lowest BCUT2D eigenvalue weighted by molar-refractivity contribution is 0.0690. The fourth-order valence-electron chi connectivity index (χ4n) is 1.51. The first-order valence-electron chi connectivity index (χ1n) is 5.25. The molecule has 0 bridgehead atoms. The van der Waals surface area contributed by atoms with E-state index in [4.69, 9.17) is 5.11 Å². The van der Waals surface area contributed by atoms with Crippen LogP contribution >= 0.6 is 0 Å². The third kappa shape index (κ3) is 6.27. The van der Waals surface area contributed by atoms with Gasteiger partial charge in [0.05, 0.1) is 13.2 Å². The Morgan fingerprint density at radius 1 is 1.14 bits per heavy atom. The largest absolute Gasteiger partial charge is 0.395 e. The first-order valence-corrected chi connectivity index (χ1v) is 5.25. The Hall–Kier alpha value is -0.220. The van der Waals surface area contributed by atoms with Gasteiger partial charge in [-0.15, -0.1) is 0 Å². The first kappa shape index (κ1) is 13.8. The van der Waals surface area contributed by atoms with Gasteiger partial charge in [0, 0.05) is 13.1 Å². The van der Waals surface area contributed by atoms with E-state index in [1.54, 1.807) is 4.90 Å². The van der Waals surface area contributed by atoms with Crippen molar-refractivity contribution >= 4 is 0 Å². The van der Waals surface area contributed by atoms with Gasteiger partial charge in [-0.2, -0.15) is 0 Å². The van der Waals surface area contributed by atoms with Crippen molar-refractivity contribution in [1.82, 2.24) is 4.90 Å². The second-order valence-electron chi connectivity index (χ2n) is 3.56. The fourth-order valence-corrected chi connectivity index (χ4v) is 1.51. The van der Waals surface area contributed by atoms with Crippen LogP contribution in [0.25, 0.3) is 0 Å². The van der Waals surface area contributed by atoms with Crippen LogP contribution < -0.4 is 0 Å². The highest BCUT2D eigenvalue weighted by atomic mass is 19.3. The Balaban J connectivity index is 3.92. The van der Waals surface area contributed by atoms with Crippen LogP contribution in [0.15, 0.2) is 0 Å². The van der Waals surface area contributed by atoms with Crippen LogP contribution in [0.1, 0.15) is 26.7 Å². The molecule has 0 heterocycles. The molecule has 0 spiro atoms. The Labute approximate surface area is 84.9 Å². The lowest BCUT2D eigenvalue weighted by atomic mass is 10.0. The van der Waals surface area contributed by atoms with Crippen LogP contribution in [0.5, 0.6) is 0 Å². The molecule has 0 aliphatic carbocycles. The zero-order valence-corrected chi connectivity index (χ0v) is 9.05. The third-order valence-corrected chi connectivity index (χ3v) is 2.48. The van der Waals surface area contributed by atoms with Gasteiger partial charge in [-0.25, -0.2) is 8.78 Å². The summed E-state index contributed by atoms with van der Waals surface area (Å²) < 4.78 is 24.3. The van der Waals surface area contributed by atoms with Crippen molar-refractivity contribution in [1.29, 1.82) is 0 Å². The molecule has 0 aliphatic rings. The molecular formula is C10H21F2NO. The van der Waals surface area contributed by atoms with Crippen molar-refractivity contribution < 1.29 is 13.9 Å². The predicted octanol–water partition coefficient (Wildman–Crippen LogP) is 1.98. The van der Waals surface area contributed by atoms with E-state index in [1.807, 2.05) is 0 Å². The van der Waals surface area contributed by atoms with Crippen LogP contribution in [0.4, 0.5) is 8.78 Å². The van der Waals surface area contributed by atoms with E-state index in [0.717, 1.165) is 12.8 Å². The topological polar surface area (TPSA) is 23.5 Å². The number of alkyl halides is 2. The molecule has 86 valence electrons. The van der Waals surface area contributed by atoms with Crippen LogP contribution in [-0.4, -0.2) is 42.7 Å². The highest BCUT2D eigenvalue weighted by Gasteiger charge is 2.14. The molecular weight excluding hydrogens is 188 g/mol. The summed E-state index contributed by atoms with van der Waals surface area (Å²) in [5.74, 6) is 0.459. The molecule has 0 unspecified atom stereocenters. The van der Waals surface area contributed by atoms with Gasteiger partial charge in [-0.3, -0.25) is 4.90 Å². The van der Waals surface area contributed by atoms with E-state index in [1.165, 1.54) is 0 Å².